The molecule has 0 radical (unpaired) electrons. The lowest BCUT2D eigenvalue weighted by Gasteiger charge is -2.17. The van der Waals surface area contributed by atoms with Crippen molar-refractivity contribution in [3.05, 3.63) is 53.6 Å². The monoisotopic (exact) mass is 354 g/mol. The van der Waals surface area contributed by atoms with Crippen LogP contribution in [0.15, 0.2) is 42.5 Å². The van der Waals surface area contributed by atoms with Crippen molar-refractivity contribution in [1.29, 1.82) is 0 Å². The lowest BCUT2D eigenvalue weighted by Crippen LogP contribution is -2.25. The predicted molar refractivity (Wildman–Crippen MR) is 103 cm³/mol. The van der Waals surface area contributed by atoms with E-state index in [2.05, 4.69) is 34.5 Å². The van der Waals surface area contributed by atoms with Crippen LogP contribution >= 0.6 is 0 Å². The molecule has 1 aliphatic heterocycles. The minimum atomic E-state index is -0.129. The Bertz CT molecular complexity index is 715. The van der Waals surface area contributed by atoms with Crippen LogP contribution in [-0.2, 0) is 6.42 Å². The van der Waals surface area contributed by atoms with Crippen molar-refractivity contribution in [1.82, 2.24) is 5.32 Å². The minimum absolute atomic E-state index is 0.129. The number of hydrogen-bond acceptors (Lipinski definition) is 4. The number of carbonyl (C=O) groups excluding carboxylic acids is 1. The van der Waals surface area contributed by atoms with Gasteiger partial charge in [0.05, 0.1) is 14.2 Å². The van der Waals surface area contributed by atoms with Gasteiger partial charge in [0.1, 0.15) is 11.5 Å². The van der Waals surface area contributed by atoms with Crippen molar-refractivity contribution in [2.24, 2.45) is 0 Å². The maximum absolute atomic E-state index is 12.4. The first kappa shape index (κ1) is 18.1. The number of amides is 1. The van der Waals surface area contributed by atoms with Gasteiger partial charge in [-0.3, -0.25) is 4.79 Å². The zero-order chi connectivity index (χ0) is 18.4. The standard InChI is InChI=1S/C21H26N2O3/c1-25-19-13-17(14-20(15-19)26-2)21(24)22-10-9-16-5-7-18(8-6-16)23-11-3-4-12-23/h5-8,13-15H,3-4,9-12H2,1-2H3,(H,22,24). The molecule has 2 aromatic rings. The molecule has 0 aliphatic carbocycles. The highest BCUT2D eigenvalue weighted by Gasteiger charge is 2.12. The molecule has 3 rings (SSSR count). The van der Waals surface area contributed by atoms with Crippen LogP contribution < -0.4 is 19.7 Å². The van der Waals surface area contributed by atoms with Gasteiger partial charge < -0.3 is 19.7 Å². The molecule has 1 fully saturated rings. The number of hydrogen-bond donors (Lipinski definition) is 1. The Kier molecular flexibility index (Phi) is 6.00. The van der Waals surface area contributed by atoms with E-state index < -0.39 is 0 Å². The summed E-state index contributed by atoms with van der Waals surface area (Å²) in [6.07, 6.45) is 3.36. The smallest absolute Gasteiger partial charge is 0.251 e. The number of benzene rings is 2. The van der Waals surface area contributed by atoms with Crippen LogP contribution in [0.1, 0.15) is 28.8 Å². The molecule has 1 amide bonds. The molecule has 0 atom stereocenters. The van der Waals surface area contributed by atoms with Gasteiger partial charge in [0, 0.05) is 37.0 Å². The second-order valence-electron chi connectivity index (χ2n) is 6.47. The highest BCUT2D eigenvalue weighted by atomic mass is 16.5. The average molecular weight is 354 g/mol. The molecule has 138 valence electrons. The summed E-state index contributed by atoms with van der Waals surface area (Å²) in [7, 11) is 3.14. The molecule has 1 heterocycles. The Morgan fingerprint density at radius 3 is 2.19 bits per heavy atom. The SMILES string of the molecule is COc1cc(OC)cc(C(=O)NCCc2ccc(N3CCCC3)cc2)c1. The van der Waals surface area contributed by atoms with Crippen LogP contribution in [0.25, 0.3) is 0 Å². The predicted octanol–water partition coefficient (Wildman–Crippen LogP) is 3.28. The molecule has 0 bridgehead atoms. The fourth-order valence-electron chi connectivity index (χ4n) is 3.21. The van der Waals surface area contributed by atoms with E-state index in [0.717, 1.165) is 19.5 Å². The zero-order valence-electron chi connectivity index (χ0n) is 15.5. The number of nitrogens with one attached hydrogen (secondary N) is 1. The molecular weight excluding hydrogens is 328 g/mol. The molecule has 26 heavy (non-hydrogen) atoms. The molecule has 0 aromatic heterocycles. The van der Waals surface area contributed by atoms with E-state index in [1.807, 2.05) is 0 Å². The molecule has 1 aliphatic rings. The zero-order valence-corrected chi connectivity index (χ0v) is 15.5. The summed E-state index contributed by atoms with van der Waals surface area (Å²) >= 11 is 0. The normalized spacial score (nSPS) is 13.5. The molecule has 0 unspecified atom stereocenters. The van der Waals surface area contributed by atoms with E-state index in [1.165, 1.54) is 24.1 Å². The number of rotatable bonds is 7. The number of ether oxygens (including phenoxy) is 2. The highest BCUT2D eigenvalue weighted by Crippen LogP contribution is 2.23. The number of anilines is 1. The Hall–Kier alpha value is -2.69. The molecule has 5 nitrogen and oxygen atoms in total. The van der Waals surface area contributed by atoms with Gasteiger partial charge in [0.25, 0.3) is 5.91 Å². The van der Waals surface area contributed by atoms with Crippen LogP contribution in [-0.4, -0.2) is 39.8 Å². The maximum atomic E-state index is 12.4. The lowest BCUT2D eigenvalue weighted by atomic mass is 10.1. The van der Waals surface area contributed by atoms with Gasteiger partial charge in [-0.1, -0.05) is 12.1 Å². The van der Waals surface area contributed by atoms with Gasteiger partial charge in [-0.05, 0) is 49.1 Å². The molecular formula is C21H26N2O3. The van der Waals surface area contributed by atoms with Gasteiger partial charge in [0.2, 0.25) is 0 Å². The van der Waals surface area contributed by atoms with Crippen molar-refractivity contribution >= 4 is 11.6 Å². The van der Waals surface area contributed by atoms with Crippen LogP contribution in [0.2, 0.25) is 0 Å². The van der Waals surface area contributed by atoms with Crippen molar-refractivity contribution in [3.8, 4) is 11.5 Å². The average Bonchev–Trinajstić information content (AvgIpc) is 3.22. The van der Waals surface area contributed by atoms with Crippen LogP contribution in [0.5, 0.6) is 11.5 Å². The highest BCUT2D eigenvalue weighted by molar-refractivity contribution is 5.95. The van der Waals surface area contributed by atoms with Crippen LogP contribution in [0.4, 0.5) is 5.69 Å². The molecule has 0 saturated carbocycles. The Balaban J connectivity index is 1.53. The first-order chi connectivity index (χ1) is 12.7. The van der Waals surface area contributed by atoms with E-state index >= 15 is 0 Å². The van der Waals surface area contributed by atoms with Crippen molar-refractivity contribution in [2.45, 2.75) is 19.3 Å². The first-order valence-corrected chi connectivity index (χ1v) is 9.05. The van der Waals surface area contributed by atoms with Crippen LogP contribution in [0, 0.1) is 0 Å². The number of nitrogens with zero attached hydrogens (tertiary/aromatic N) is 1. The third-order valence-corrected chi connectivity index (χ3v) is 4.72. The minimum Gasteiger partial charge on any atom is -0.497 e. The molecule has 0 spiro atoms. The number of methoxy groups -OCH3 is 2. The third kappa shape index (κ3) is 4.48. The summed E-state index contributed by atoms with van der Waals surface area (Å²) < 4.78 is 10.4. The van der Waals surface area contributed by atoms with Crippen LogP contribution in [0.3, 0.4) is 0 Å². The Labute approximate surface area is 154 Å². The molecule has 1 N–H and O–H groups in total. The third-order valence-electron chi connectivity index (χ3n) is 4.72. The van der Waals surface area contributed by atoms with Gasteiger partial charge in [-0.15, -0.1) is 0 Å². The quantitative estimate of drug-likeness (QED) is 0.829. The van der Waals surface area contributed by atoms with Gasteiger partial charge >= 0.3 is 0 Å². The van der Waals surface area contributed by atoms with E-state index in [9.17, 15) is 4.79 Å². The molecule has 1 saturated heterocycles. The van der Waals surface area contributed by atoms with Crippen molar-refractivity contribution in [3.63, 3.8) is 0 Å². The lowest BCUT2D eigenvalue weighted by molar-refractivity contribution is 0.0953. The second kappa shape index (κ2) is 8.61. The summed E-state index contributed by atoms with van der Waals surface area (Å²) in [5.74, 6) is 1.08. The Morgan fingerprint density at radius 1 is 1.00 bits per heavy atom. The van der Waals surface area contributed by atoms with E-state index in [1.54, 1.807) is 32.4 Å². The van der Waals surface area contributed by atoms with Crippen molar-refractivity contribution < 1.29 is 14.3 Å². The summed E-state index contributed by atoms with van der Waals surface area (Å²) in [6, 6.07) is 13.8. The molecule has 5 heteroatoms. The van der Waals surface area contributed by atoms with E-state index in [-0.39, 0.29) is 5.91 Å². The van der Waals surface area contributed by atoms with Gasteiger partial charge in [-0.25, -0.2) is 0 Å². The molecule has 2 aromatic carbocycles. The van der Waals surface area contributed by atoms with E-state index in [0.29, 0.717) is 23.6 Å². The summed E-state index contributed by atoms with van der Waals surface area (Å²) in [5.41, 5.74) is 3.04. The summed E-state index contributed by atoms with van der Waals surface area (Å²) in [4.78, 5) is 14.8. The fourth-order valence-corrected chi connectivity index (χ4v) is 3.21. The van der Waals surface area contributed by atoms with Gasteiger partial charge in [-0.2, -0.15) is 0 Å². The first-order valence-electron chi connectivity index (χ1n) is 9.05. The van der Waals surface area contributed by atoms with E-state index in [4.69, 9.17) is 9.47 Å². The largest absolute Gasteiger partial charge is 0.497 e. The van der Waals surface area contributed by atoms with Gasteiger partial charge in [0.15, 0.2) is 0 Å². The fraction of sp³-hybridized carbons (Fsp3) is 0.381. The topological polar surface area (TPSA) is 50.8 Å². The summed E-state index contributed by atoms with van der Waals surface area (Å²) in [5, 5.41) is 2.96. The van der Waals surface area contributed by atoms with Crippen molar-refractivity contribution in [2.75, 3.05) is 38.8 Å². The maximum Gasteiger partial charge on any atom is 0.251 e. The summed E-state index contributed by atoms with van der Waals surface area (Å²) in [6.45, 7) is 2.89. The second-order valence-corrected chi connectivity index (χ2v) is 6.47. The Morgan fingerprint density at radius 2 is 1.62 bits per heavy atom. The number of carbonyl (C=O) groups is 1.